The van der Waals surface area contributed by atoms with Crippen LogP contribution in [0.15, 0.2) is 42.5 Å². The minimum absolute atomic E-state index is 0.0561. The molecule has 0 aliphatic carbocycles. The first-order valence-corrected chi connectivity index (χ1v) is 9.70. The van der Waals surface area contributed by atoms with E-state index in [4.69, 9.17) is 16.3 Å². The third-order valence-electron chi connectivity index (χ3n) is 4.44. The van der Waals surface area contributed by atoms with Gasteiger partial charge in [0.05, 0.1) is 11.9 Å². The number of nitrogens with one attached hydrogen (secondary N) is 3. The molecule has 0 fully saturated rings. The summed E-state index contributed by atoms with van der Waals surface area (Å²) in [6.07, 6.45) is -1.08. The number of anilines is 1. The lowest BCUT2D eigenvalue weighted by Gasteiger charge is -2.15. The van der Waals surface area contributed by atoms with Crippen LogP contribution in [0.1, 0.15) is 29.4 Å². The van der Waals surface area contributed by atoms with Crippen molar-refractivity contribution in [3.05, 3.63) is 58.7 Å². The average molecular weight is 429 g/mol. The summed E-state index contributed by atoms with van der Waals surface area (Å²) in [5.74, 6) is -1.48. The second-order valence-corrected chi connectivity index (χ2v) is 7.14. The minimum atomic E-state index is -0.998. The number of aromatic amines is 1. The van der Waals surface area contributed by atoms with Crippen molar-refractivity contribution in [2.75, 3.05) is 11.9 Å². The van der Waals surface area contributed by atoms with E-state index in [0.29, 0.717) is 16.1 Å². The lowest BCUT2D eigenvalue weighted by atomic mass is 10.2. The zero-order valence-electron chi connectivity index (χ0n) is 16.5. The second kappa shape index (κ2) is 9.41. The number of nitrogens with zero attached hydrogens (tertiary/aromatic N) is 1. The number of aromatic nitrogens is 2. The van der Waals surface area contributed by atoms with Gasteiger partial charge in [0.25, 0.3) is 11.8 Å². The summed E-state index contributed by atoms with van der Waals surface area (Å²) in [5.41, 5.74) is 2.38. The van der Waals surface area contributed by atoms with E-state index < -0.39 is 23.9 Å². The molecule has 1 aromatic heterocycles. The van der Waals surface area contributed by atoms with E-state index in [9.17, 15) is 14.4 Å². The van der Waals surface area contributed by atoms with Crippen molar-refractivity contribution in [3.63, 3.8) is 0 Å². The number of amides is 2. The Bertz CT molecular complexity index is 1100. The summed E-state index contributed by atoms with van der Waals surface area (Å²) >= 11 is 5.94. The molecule has 3 aromatic rings. The number of rotatable bonds is 7. The van der Waals surface area contributed by atoms with Gasteiger partial charge in [0.1, 0.15) is 0 Å². The normalized spacial score (nSPS) is 11.7. The molecule has 8 nitrogen and oxygen atoms in total. The van der Waals surface area contributed by atoms with E-state index in [2.05, 4.69) is 20.8 Å². The number of hydrogen-bond donors (Lipinski definition) is 3. The third kappa shape index (κ3) is 5.15. The number of carbonyl (C=O) groups excluding carboxylic acids is 3. The zero-order chi connectivity index (χ0) is 21.7. The molecule has 2 aromatic carbocycles. The van der Waals surface area contributed by atoms with Crippen LogP contribution in [0.4, 0.5) is 5.69 Å². The van der Waals surface area contributed by atoms with Crippen molar-refractivity contribution in [3.8, 4) is 0 Å². The first kappa shape index (κ1) is 21.3. The quantitative estimate of drug-likeness (QED) is 0.500. The molecule has 3 N–H and O–H groups in total. The van der Waals surface area contributed by atoms with Gasteiger partial charge in [-0.25, -0.2) is 0 Å². The molecule has 0 aliphatic rings. The number of benzene rings is 2. The molecule has 1 heterocycles. The molecule has 3 rings (SSSR count). The summed E-state index contributed by atoms with van der Waals surface area (Å²) in [5, 5.41) is 13.3. The van der Waals surface area contributed by atoms with E-state index in [1.54, 1.807) is 24.3 Å². The van der Waals surface area contributed by atoms with Gasteiger partial charge in [0.2, 0.25) is 0 Å². The van der Waals surface area contributed by atoms with Crippen LogP contribution >= 0.6 is 11.6 Å². The number of fused-ring (bicyclic) bond motifs is 1. The molecule has 9 heteroatoms. The molecule has 0 saturated heterocycles. The van der Waals surface area contributed by atoms with Crippen LogP contribution in [-0.4, -0.2) is 40.6 Å². The van der Waals surface area contributed by atoms with E-state index in [-0.39, 0.29) is 18.7 Å². The van der Waals surface area contributed by atoms with Crippen molar-refractivity contribution in [2.24, 2.45) is 0 Å². The monoisotopic (exact) mass is 428 g/mol. The molecule has 156 valence electrons. The Labute approximate surface area is 177 Å². The average Bonchev–Trinajstić information content (AvgIpc) is 3.14. The number of para-hydroxylation sites is 1. The van der Waals surface area contributed by atoms with E-state index >= 15 is 0 Å². The summed E-state index contributed by atoms with van der Waals surface area (Å²) in [7, 11) is 0. The van der Waals surface area contributed by atoms with Crippen LogP contribution in [0.5, 0.6) is 0 Å². The summed E-state index contributed by atoms with van der Waals surface area (Å²) in [4.78, 5) is 36.5. The maximum atomic E-state index is 12.3. The van der Waals surface area contributed by atoms with Crippen molar-refractivity contribution in [2.45, 2.75) is 26.4 Å². The number of halogens is 1. The number of esters is 1. The zero-order valence-corrected chi connectivity index (χ0v) is 17.2. The molecule has 0 radical (unpaired) electrons. The van der Waals surface area contributed by atoms with Gasteiger partial charge >= 0.3 is 5.97 Å². The molecular weight excluding hydrogens is 408 g/mol. The Balaban J connectivity index is 1.46. The number of H-pyrrole nitrogens is 1. The van der Waals surface area contributed by atoms with Gasteiger partial charge in [-0.2, -0.15) is 5.10 Å². The predicted molar refractivity (Wildman–Crippen MR) is 113 cm³/mol. The highest BCUT2D eigenvalue weighted by atomic mass is 35.5. The minimum Gasteiger partial charge on any atom is -0.452 e. The van der Waals surface area contributed by atoms with E-state index in [0.717, 1.165) is 11.1 Å². The van der Waals surface area contributed by atoms with Crippen molar-refractivity contribution in [1.82, 2.24) is 15.5 Å². The molecule has 1 atom stereocenters. The SMILES string of the molecule is Cc1ccc(Cl)cc1NC(=O)C(C)OC(=O)CCNC(=O)c1n[nH]c2ccccc12. The van der Waals surface area contributed by atoms with Gasteiger partial charge in [0, 0.05) is 22.6 Å². The smallest absolute Gasteiger partial charge is 0.308 e. The lowest BCUT2D eigenvalue weighted by molar-refractivity contribution is -0.153. The highest BCUT2D eigenvalue weighted by molar-refractivity contribution is 6.31. The maximum absolute atomic E-state index is 12.3. The second-order valence-electron chi connectivity index (χ2n) is 6.70. The summed E-state index contributed by atoms with van der Waals surface area (Å²) in [6.45, 7) is 3.36. The summed E-state index contributed by atoms with van der Waals surface area (Å²) < 4.78 is 5.14. The first-order valence-electron chi connectivity index (χ1n) is 9.33. The van der Waals surface area contributed by atoms with Crippen LogP contribution < -0.4 is 10.6 Å². The van der Waals surface area contributed by atoms with Gasteiger partial charge in [-0.3, -0.25) is 19.5 Å². The van der Waals surface area contributed by atoms with Gasteiger partial charge in [0.15, 0.2) is 11.8 Å². The molecule has 2 amide bonds. The van der Waals surface area contributed by atoms with Gasteiger partial charge in [-0.15, -0.1) is 0 Å². The van der Waals surface area contributed by atoms with Crippen LogP contribution in [0.2, 0.25) is 5.02 Å². The Kier molecular flexibility index (Phi) is 6.68. The number of aryl methyl sites for hydroxylation is 1. The first-order chi connectivity index (χ1) is 14.3. The fraction of sp³-hybridized carbons (Fsp3) is 0.238. The Hall–Kier alpha value is -3.39. The predicted octanol–water partition coefficient (Wildman–Crippen LogP) is 3.22. The molecule has 30 heavy (non-hydrogen) atoms. The standard InChI is InChI=1S/C21H21ClN4O4/c1-12-7-8-14(22)11-17(12)24-20(28)13(2)30-18(27)9-10-23-21(29)19-15-5-3-4-6-16(15)25-26-19/h3-8,11,13H,9-10H2,1-2H3,(H,23,29)(H,24,28)(H,25,26). The Morgan fingerprint density at radius 3 is 2.77 bits per heavy atom. The Morgan fingerprint density at radius 1 is 1.20 bits per heavy atom. The van der Waals surface area contributed by atoms with Crippen LogP contribution in [0.3, 0.4) is 0 Å². The number of hydrogen-bond acceptors (Lipinski definition) is 5. The molecule has 1 unspecified atom stereocenters. The molecule has 0 spiro atoms. The third-order valence-corrected chi connectivity index (χ3v) is 4.67. The van der Waals surface area contributed by atoms with Crippen molar-refractivity contribution in [1.29, 1.82) is 0 Å². The van der Waals surface area contributed by atoms with E-state index in [1.807, 2.05) is 25.1 Å². The number of ether oxygens (including phenoxy) is 1. The van der Waals surface area contributed by atoms with Gasteiger partial charge in [-0.05, 0) is 37.6 Å². The highest BCUT2D eigenvalue weighted by Crippen LogP contribution is 2.20. The van der Waals surface area contributed by atoms with Crippen molar-refractivity contribution >= 4 is 46.0 Å². The Morgan fingerprint density at radius 2 is 1.97 bits per heavy atom. The topological polar surface area (TPSA) is 113 Å². The molecule has 0 bridgehead atoms. The maximum Gasteiger partial charge on any atom is 0.308 e. The van der Waals surface area contributed by atoms with Crippen LogP contribution in [0.25, 0.3) is 10.9 Å². The highest BCUT2D eigenvalue weighted by Gasteiger charge is 2.19. The molecular formula is C21H21ClN4O4. The van der Waals surface area contributed by atoms with E-state index in [1.165, 1.54) is 6.92 Å². The number of carbonyl (C=O) groups is 3. The fourth-order valence-corrected chi connectivity index (χ4v) is 2.94. The van der Waals surface area contributed by atoms with Gasteiger partial charge < -0.3 is 15.4 Å². The summed E-state index contributed by atoms with van der Waals surface area (Å²) in [6, 6.07) is 12.4. The fourth-order valence-electron chi connectivity index (χ4n) is 2.77. The van der Waals surface area contributed by atoms with Gasteiger partial charge in [-0.1, -0.05) is 35.9 Å². The largest absolute Gasteiger partial charge is 0.452 e. The molecule has 0 saturated carbocycles. The van der Waals surface area contributed by atoms with Crippen LogP contribution in [-0.2, 0) is 14.3 Å². The lowest BCUT2D eigenvalue weighted by Crippen LogP contribution is -2.32. The van der Waals surface area contributed by atoms with Crippen molar-refractivity contribution < 1.29 is 19.1 Å². The van der Waals surface area contributed by atoms with Crippen LogP contribution in [0, 0.1) is 6.92 Å². The molecule has 0 aliphatic heterocycles.